The van der Waals surface area contributed by atoms with Gasteiger partial charge in [0.05, 0.1) is 28.4 Å². The van der Waals surface area contributed by atoms with Gasteiger partial charge < -0.3 is 4.52 Å². The number of nitrogens with zero attached hydrogens (tertiary/aromatic N) is 2. The number of pyridine rings is 1. The van der Waals surface area contributed by atoms with Crippen molar-refractivity contribution in [2.45, 2.75) is 6.92 Å². The average molecular weight is 315 g/mol. The number of hydrogen-bond acceptors (Lipinski definition) is 5. The molecule has 7 heteroatoms. The van der Waals surface area contributed by atoms with Crippen LogP contribution in [0.3, 0.4) is 0 Å². The molecule has 0 aliphatic rings. The van der Waals surface area contributed by atoms with E-state index in [2.05, 4.69) is 14.9 Å². The average Bonchev–Trinajstić information content (AvgIpc) is 2.87. The molecule has 1 aromatic carbocycles. The predicted octanol–water partition coefficient (Wildman–Crippen LogP) is 2.94. The molecule has 3 aromatic rings. The van der Waals surface area contributed by atoms with Gasteiger partial charge in [-0.05, 0) is 24.6 Å². The highest BCUT2D eigenvalue weighted by Gasteiger charge is 2.10. The van der Waals surface area contributed by atoms with E-state index in [0.717, 1.165) is 11.0 Å². The highest BCUT2D eigenvalue weighted by Crippen LogP contribution is 2.20. The summed E-state index contributed by atoms with van der Waals surface area (Å²) in [6.45, 7) is 1.76. The Morgan fingerprint density at radius 2 is 2.00 bits per heavy atom. The van der Waals surface area contributed by atoms with Crippen molar-refractivity contribution < 1.29 is 12.9 Å². The molecule has 6 nitrogen and oxygen atoms in total. The Balaban J connectivity index is 1.83. The third-order valence-corrected chi connectivity index (χ3v) is 4.02. The first-order chi connectivity index (χ1) is 10.5. The zero-order valence-corrected chi connectivity index (χ0v) is 12.5. The minimum Gasteiger partial charge on any atom is -0.336 e. The molecule has 0 saturated heterocycles. The van der Waals surface area contributed by atoms with Crippen LogP contribution in [0.5, 0.6) is 0 Å². The van der Waals surface area contributed by atoms with E-state index in [1.807, 2.05) is 30.3 Å². The number of fused-ring (bicyclic) bond motifs is 1. The Hall–Kier alpha value is -2.67. The zero-order valence-electron chi connectivity index (χ0n) is 11.7. The van der Waals surface area contributed by atoms with Gasteiger partial charge in [-0.25, -0.2) is 13.4 Å². The van der Waals surface area contributed by atoms with E-state index in [0.29, 0.717) is 22.5 Å². The second-order valence-electron chi connectivity index (χ2n) is 4.71. The molecule has 0 spiro atoms. The predicted molar refractivity (Wildman–Crippen MR) is 84.6 cm³/mol. The van der Waals surface area contributed by atoms with E-state index >= 15 is 0 Å². The molecule has 1 N–H and O–H groups in total. The maximum atomic E-state index is 12.1. The summed E-state index contributed by atoms with van der Waals surface area (Å²) in [7, 11) is -3.62. The molecule has 22 heavy (non-hydrogen) atoms. The third-order valence-electron chi connectivity index (χ3n) is 3.01. The van der Waals surface area contributed by atoms with Crippen molar-refractivity contribution in [1.29, 1.82) is 0 Å². The van der Waals surface area contributed by atoms with Crippen LogP contribution in [0.15, 0.2) is 52.5 Å². The van der Waals surface area contributed by atoms with Crippen LogP contribution in [0.25, 0.3) is 17.2 Å². The maximum absolute atomic E-state index is 12.1. The lowest BCUT2D eigenvalue weighted by molar-refractivity contribution is 0.443. The van der Waals surface area contributed by atoms with Crippen molar-refractivity contribution >= 4 is 32.9 Å². The molecule has 0 unspecified atom stereocenters. The maximum Gasteiger partial charge on any atom is 0.258 e. The van der Waals surface area contributed by atoms with Gasteiger partial charge in [0.15, 0.2) is 0 Å². The number of anilines is 1. The minimum absolute atomic E-state index is 0.358. The molecule has 0 saturated carbocycles. The standard InChI is InChI=1S/C15H13N3O3S/c1-11-14-9-13(10-16-15(14)21-17-11)18-22(19,20)8-7-12-5-3-2-4-6-12/h2-10,18H,1H3/b8-7-. The number of rotatable bonds is 4. The lowest BCUT2D eigenvalue weighted by Crippen LogP contribution is -2.08. The fourth-order valence-corrected chi connectivity index (χ4v) is 2.78. The SMILES string of the molecule is Cc1noc2ncc(NS(=O)(=O)/C=C\c3ccccc3)cc12. The number of benzene rings is 1. The van der Waals surface area contributed by atoms with Crippen LogP contribution in [-0.2, 0) is 10.0 Å². The van der Waals surface area contributed by atoms with Gasteiger partial charge in [0.1, 0.15) is 0 Å². The van der Waals surface area contributed by atoms with Gasteiger partial charge in [-0.15, -0.1) is 0 Å². The normalized spacial score (nSPS) is 12.0. The van der Waals surface area contributed by atoms with Crippen LogP contribution in [0.4, 0.5) is 5.69 Å². The van der Waals surface area contributed by atoms with Crippen molar-refractivity contribution in [3.63, 3.8) is 0 Å². The molecule has 3 rings (SSSR count). The van der Waals surface area contributed by atoms with Gasteiger partial charge >= 0.3 is 0 Å². The molecule has 2 aromatic heterocycles. The number of nitrogens with one attached hydrogen (secondary N) is 1. The van der Waals surface area contributed by atoms with Gasteiger partial charge in [-0.2, -0.15) is 0 Å². The fourth-order valence-electron chi connectivity index (χ4n) is 1.93. The van der Waals surface area contributed by atoms with Gasteiger partial charge in [-0.3, -0.25) is 4.72 Å². The molecule has 0 aliphatic heterocycles. The smallest absolute Gasteiger partial charge is 0.258 e. The first-order valence-corrected chi connectivity index (χ1v) is 8.06. The Bertz CT molecular complexity index is 931. The monoisotopic (exact) mass is 315 g/mol. The number of aromatic nitrogens is 2. The summed E-state index contributed by atoms with van der Waals surface area (Å²) >= 11 is 0. The van der Waals surface area contributed by atoms with Gasteiger partial charge in [0.25, 0.3) is 15.7 Å². The molecule has 0 atom stereocenters. The summed E-state index contributed by atoms with van der Waals surface area (Å²) in [5.41, 5.74) is 2.19. The van der Waals surface area contributed by atoms with E-state index in [1.165, 1.54) is 12.3 Å². The molecule has 0 aliphatic carbocycles. The molecule has 0 radical (unpaired) electrons. The Morgan fingerprint density at radius 3 is 2.77 bits per heavy atom. The molecule has 2 heterocycles. The van der Waals surface area contributed by atoms with E-state index in [1.54, 1.807) is 13.0 Å². The summed E-state index contributed by atoms with van der Waals surface area (Å²) in [6, 6.07) is 10.8. The number of hydrogen-bond donors (Lipinski definition) is 1. The molecule has 112 valence electrons. The first-order valence-electron chi connectivity index (χ1n) is 6.51. The van der Waals surface area contributed by atoms with Crippen LogP contribution in [0.2, 0.25) is 0 Å². The Morgan fingerprint density at radius 1 is 1.23 bits per heavy atom. The second kappa shape index (κ2) is 5.61. The second-order valence-corrected chi connectivity index (χ2v) is 6.27. The molecule has 0 amide bonds. The van der Waals surface area contributed by atoms with Crippen LogP contribution >= 0.6 is 0 Å². The molecular formula is C15H13N3O3S. The van der Waals surface area contributed by atoms with Crippen molar-refractivity contribution in [2.24, 2.45) is 0 Å². The minimum atomic E-state index is -3.62. The van der Waals surface area contributed by atoms with E-state index in [9.17, 15) is 8.42 Å². The Labute approximate surface area is 127 Å². The molecule has 0 fully saturated rings. The summed E-state index contributed by atoms with van der Waals surface area (Å²) in [6.07, 6.45) is 2.92. The first kappa shape index (κ1) is 14.3. The lowest BCUT2D eigenvalue weighted by Gasteiger charge is -2.03. The number of aryl methyl sites for hydroxylation is 1. The quantitative estimate of drug-likeness (QED) is 0.800. The van der Waals surface area contributed by atoms with Crippen LogP contribution in [0, 0.1) is 6.92 Å². The molecule has 0 bridgehead atoms. The van der Waals surface area contributed by atoms with Crippen LogP contribution in [0.1, 0.15) is 11.3 Å². The lowest BCUT2D eigenvalue weighted by atomic mass is 10.2. The third kappa shape index (κ3) is 3.15. The van der Waals surface area contributed by atoms with Crippen LogP contribution in [-0.4, -0.2) is 18.6 Å². The fraction of sp³-hybridized carbons (Fsp3) is 0.0667. The largest absolute Gasteiger partial charge is 0.336 e. The van der Waals surface area contributed by atoms with Gasteiger partial charge in [0.2, 0.25) is 0 Å². The van der Waals surface area contributed by atoms with E-state index in [-0.39, 0.29) is 0 Å². The van der Waals surface area contributed by atoms with Gasteiger partial charge in [0, 0.05) is 0 Å². The van der Waals surface area contributed by atoms with Crippen molar-refractivity contribution in [1.82, 2.24) is 10.1 Å². The number of sulfonamides is 1. The zero-order chi connectivity index (χ0) is 15.6. The summed E-state index contributed by atoms with van der Waals surface area (Å²) in [5, 5.41) is 5.57. The van der Waals surface area contributed by atoms with Crippen molar-refractivity contribution in [2.75, 3.05) is 4.72 Å². The summed E-state index contributed by atoms with van der Waals surface area (Å²) in [4.78, 5) is 4.02. The summed E-state index contributed by atoms with van der Waals surface area (Å²) in [5.74, 6) is 0. The Kier molecular flexibility index (Phi) is 3.64. The van der Waals surface area contributed by atoms with Crippen molar-refractivity contribution in [3.8, 4) is 0 Å². The van der Waals surface area contributed by atoms with Crippen LogP contribution < -0.4 is 4.72 Å². The summed E-state index contributed by atoms with van der Waals surface area (Å²) < 4.78 is 31.6. The highest BCUT2D eigenvalue weighted by molar-refractivity contribution is 7.95. The highest BCUT2D eigenvalue weighted by atomic mass is 32.2. The topological polar surface area (TPSA) is 85.1 Å². The van der Waals surface area contributed by atoms with E-state index in [4.69, 9.17) is 4.52 Å². The molecular weight excluding hydrogens is 302 g/mol. The van der Waals surface area contributed by atoms with E-state index < -0.39 is 10.0 Å². The van der Waals surface area contributed by atoms with Gasteiger partial charge in [-0.1, -0.05) is 35.5 Å². The van der Waals surface area contributed by atoms with Crippen molar-refractivity contribution in [3.05, 3.63) is 59.3 Å².